The van der Waals surface area contributed by atoms with Crippen molar-refractivity contribution < 1.29 is 17.2 Å². The second-order valence-corrected chi connectivity index (χ2v) is 10.8. The van der Waals surface area contributed by atoms with Gasteiger partial charge in [0.15, 0.2) is 5.82 Å². The molecule has 2 aromatic heterocycles. The van der Waals surface area contributed by atoms with Gasteiger partial charge in [-0.2, -0.15) is 12.7 Å². The first-order chi connectivity index (χ1) is 16.8. The van der Waals surface area contributed by atoms with E-state index in [-0.39, 0.29) is 41.7 Å². The van der Waals surface area contributed by atoms with Gasteiger partial charge in [0.1, 0.15) is 11.2 Å². The first kappa shape index (κ1) is 23.7. The predicted octanol–water partition coefficient (Wildman–Crippen LogP) is 5.43. The highest BCUT2D eigenvalue weighted by Gasteiger charge is 2.32. The van der Waals surface area contributed by atoms with Crippen molar-refractivity contribution in [3.8, 4) is 32.4 Å². The summed E-state index contributed by atoms with van der Waals surface area (Å²) >= 11 is 7.30. The second kappa shape index (κ2) is 9.57. The van der Waals surface area contributed by atoms with Gasteiger partial charge in [-0.05, 0) is 36.2 Å². The van der Waals surface area contributed by atoms with Crippen molar-refractivity contribution in [3.05, 3.63) is 71.9 Å². The van der Waals surface area contributed by atoms with Gasteiger partial charge in [-0.25, -0.2) is 23.7 Å². The van der Waals surface area contributed by atoms with Crippen LogP contribution >= 0.6 is 22.9 Å². The molecule has 12 heteroatoms. The summed E-state index contributed by atoms with van der Waals surface area (Å²) in [5, 5.41) is 0.656. The number of anilines is 1. The Morgan fingerprint density at radius 3 is 2.60 bits per heavy atom. The zero-order valence-electron chi connectivity index (χ0n) is 18.0. The lowest BCUT2D eigenvalue weighted by Gasteiger charge is -2.18. The Morgan fingerprint density at radius 2 is 1.89 bits per heavy atom. The third kappa shape index (κ3) is 4.90. The summed E-state index contributed by atoms with van der Waals surface area (Å²) in [4.78, 5) is 13.4. The average molecular weight is 534 g/mol. The lowest BCUT2D eigenvalue weighted by molar-refractivity contribution is 0.343. The van der Waals surface area contributed by atoms with E-state index in [0.717, 1.165) is 9.87 Å². The van der Waals surface area contributed by atoms with Crippen molar-refractivity contribution in [3.63, 3.8) is 0 Å². The molecule has 2 aromatic carbocycles. The summed E-state index contributed by atoms with van der Waals surface area (Å²) in [6, 6.07) is 15.4. The van der Waals surface area contributed by atoms with Gasteiger partial charge in [0.25, 0.3) is 0 Å². The molecule has 1 atom stereocenters. The smallest absolute Gasteiger partial charge is 0.268 e. The number of hydrogen-bond acceptors (Lipinski definition) is 6. The van der Waals surface area contributed by atoms with Crippen molar-refractivity contribution in [2.45, 2.75) is 12.6 Å². The molecular weight excluding hydrogens is 516 g/mol. The Labute approximate surface area is 209 Å². The lowest BCUT2D eigenvalue weighted by atomic mass is 10.1. The molecule has 0 amide bonds. The maximum absolute atomic E-state index is 15.7. The number of rotatable bonds is 6. The Hall–Kier alpha value is -2.99. The minimum absolute atomic E-state index is 0.0295. The molecule has 0 saturated carbocycles. The van der Waals surface area contributed by atoms with E-state index in [1.54, 1.807) is 6.07 Å². The van der Waals surface area contributed by atoms with Gasteiger partial charge in [-0.3, -0.25) is 4.72 Å². The molecular formula is C23H18ClF2N5O2S2. The number of alkyl halides is 1. The SMILES string of the molecule is O=S(=O)(Nc1cccc(-c2nc(-c3ccccc3)sc2-c2ccnc(Cl)n2)c1F)N1CCC(F)C1. The second-order valence-electron chi connectivity index (χ2n) is 7.79. The largest absolute Gasteiger partial charge is 0.301 e. The van der Waals surface area contributed by atoms with E-state index in [1.165, 1.54) is 35.7 Å². The number of benzene rings is 2. The topological polar surface area (TPSA) is 88.1 Å². The first-order valence-corrected chi connectivity index (χ1v) is 13.2. The van der Waals surface area contributed by atoms with Gasteiger partial charge in [0.2, 0.25) is 5.28 Å². The van der Waals surface area contributed by atoms with E-state index in [0.29, 0.717) is 15.6 Å². The van der Waals surface area contributed by atoms with Crippen molar-refractivity contribution in [1.29, 1.82) is 0 Å². The van der Waals surface area contributed by atoms with E-state index in [4.69, 9.17) is 11.6 Å². The van der Waals surface area contributed by atoms with Crippen LogP contribution in [-0.2, 0) is 10.2 Å². The van der Waals surface area contributed by atoms with Crippen LogP contribution in [0.4, 0.5) is 14.5 Å². The van der Waals surface area contributed by atoms with Crippen LogP contribution in [0.15, 0.2) is 60.8 Å². The Kier molecular flexibility index (Phi) is 6.49. The minimum atomic E-state index is -4.13. The highest BCUT2D eigenvalue weighted by molar-refractivity contribution is 7.90. The number of aromatic nitrogens is 3. The highest BCUT2D eigenvalue weighted by atomic mass is 35.5. The molecule has 0 radical (unpaired) electrons. The zero-order valence-corrected chi connectivity index (χ0v) is 20.4. The quantitative estimate of drug-likeness (QED) is 0.334. The van der Waals surface area contributed by atoms with Gasteiger partial charge < -0.3 is 0 Å². The van der Waals surface area contributed by atoms with Crippen LogP contribution in [0.2, 0.25) is 5.28 Å². The fourth-order valence-corrected chi connectivity index (χ4v) is 6.22. The maximum Gasteiger partial charge on any atom is 0.301 e. The minimum Gasteiger partial charge on any atom is -0.268 e. The highest BCUT2D eigenvalue weighted by Crippen LogP contribution is 2.41. The van der Waals surface area contributed by atoms with Crippen molar-refractivity contribution in [2.24, 2.45) is 0 Å². The van der Waals surface area contributed by atoms with Crippen molar-refractivity contribution >= 4 is 38.8 Å². The third-order valence-corrected chi connectivity index (χ3v) is 8.23. The molecule has 7 nitrogen and oxygen atoms in total. The van der Waals surface area contributed by atoms with E-state index in [2.05, 4.69) is 19.7 Å². The summed E-state index contributed by atoms with van der Waals surface area (Å²) in [6.45, 7) is -0.231. The van der Waals surface area contributed by atoms with Crippen LogP contribution in [0.3, 0.4) is 0 Å². The van der Waals surface area contributed by atoms with E-state index in [9.17, 15) is 12.8 Å². The first-order valence-electron chi connectivity index (χ1n) is 10.6. The molecule has 3 heterocycles. The zero-order chi connectivity index (χ0) is 24.6. The Morgan fingerprint density at radius 1 is 1.09 bits per heavy atom. The van der Waals surface area contributed by atoms with E-state index < -0.39 is 22.2 Å². The molecule has 1 aliphatic rings. The number of nitrogens with zero attached hydrogens (tertiary/aromatic N) is 4. The number of thiazole rings is 1. The molecule has 0 spiro atoms. The maximum atomic E-state index is 15.7. The van der Waals surface area contributed by atoms with Gasteiger partial charge in [0, 0.05) is 30.4 Å². The molecule has 0 aliphatic carbocycles. The Balaban J connectivity index is 1.60. The standard InChI is InChI=1S/C23H18ClF2N5O2S2/c24-23-27-11-9-18(28-23)21-20(29-22(34-21)14-5-2-1-3-6-14)16-7-4-8-17(19(16)26)30-35(32,33)31-12-10-15(25)13-31/h1-9,11,15,30H,10,12-13H2. The van der Waals surface area contributed by atoms with Crippen LogP contribution in [-0.4, -0.2) is 46.9 Å². The summed E-state index contributed by atoms with van der Waals surface area (Å²) in [6.07, 6.45) is 0.359. The summed E-state index contributed by atoms with van der Waals surface area (Å²) < 4.78 is 57.9. The number of halogens is 3. The molecule has 35 heavy (non-hydrogen) atoms. The lowest BCUT2D eigenvalue weighted by Crippen LogP contribution is -2.34. The summed E-state index contributed by atoms with van der Waals surface area (Å²) in [5.74, 6) is -0.807. The molecule has 180 valence electrons. The molecule has 1 saturated heterocycles. The molecule has 1 N–H and O–H groups in total. The van der Waals surface area contributed by atoms with Crippen LogP contribution < -0.4 is 4.72 Å². The van der Waals surface area contributed by atoms with Crippen molar-refractivity contribution in [2.75, 3.05) is 17.8 Å². The predicted molar refractivity (Wildman–Crippen MR) is 133 cm³/mol. The van der Waals surface area contributed by atoms with Crippen LogP contribution in [0.5, 0.6) is 0 Å². The van der Waals surface area contributed by atoms with Gasteiger partial charge in [-0.15, -0.1) is 11.3 Å². The average Bonchev–Trinajstić information content (AvgIpc) is 3.48. The molecule has 4 aromatic rings. The molecule has 0 bridgehead atoms. The number of nitrogens with one attached hydrogen (secondary N) is 1. The van der Waals surface area contributed by atoms with E-state index in [1.807, 2.05) is 30.3 Å². The normalized spacial score (nSPS) is 16.5. The van der Waals surface area contributed by atoms with E-state index >= 15 is 4.39 Å². The van der Waals surface area contributed by atoms with Gasteiger partial charge in [0.05, 0.1) is 22.0 Å². The van der Waals surface area contributed by atoms with Crippen molar-refractivity contribution in [1.82, 2.24) is 19.3 Å². The number of hydrogen-bond donors (Lipinski definition) is 1. The molecule has 1 unspecified atom stereocenters. The molecule has 1 aliphatic heterocycles. The van der Waals surface area contributed by atoms with Gasteiger partial charge >= 0.3 is 10.2 Å². The van der Waals surface area contributed by atoms with Gasteiger partial charge in [-0.1, -0.05) is 36.4 Å². The fourth-order valence-electron chi connectivity index (χ4n) is 3.74. The summed E-state index contributed by atoms with van der Waals surface area (Å²) in [5.41, 5.74) is 1.39. The van der Waals surface area contributed by atoms with Crippen LogP contribution in [0, 0.1) is 5.82 Å². The monoisotopic (exact) mass is 533 g/mol. The Bertz CT molecular complexity index is 1480. The van der Waals surface area contributed by atoms with Crippen LogP contribution in [0.25, 0.3) is 32.4 Å². The molecule has 1 fully saturated rings. The summed E-state index contributed by atoms with van der Waals surface area (Å²) in [7, 11) is -4.13. The third-order valence-electron chi connectivity index (χ3n) is 5.43. The van der Waals surface area contributed by atoms with Crippen LogP contribution in [0.1, 0.15) is 6.42 Å². The molecule has 5 rings (SSSR count). The fraction of sp³-hybridized carbons (Fsp3) is 0.174.